The molecule has 0 radical (unpaired) electrons. The van der Waals surface area contributed by atoms with Crippen LogP contribution in [0, 0.1) is 23.7 Å². The smallest absolute Gasteiger partial charge is 0.0453 e. The highest BCUT2D eigenvalue weighted by Gasteiger charge is 2.45. The van der Waals surface area contributed by atoms with E-state index in [0.717, 1.165) is 36.3 Å². The molecule has 0 saturated heterocycles. The maximum absolute atomic E-state index is 3.96. The molecule has 3 saturated carbocycles. The van der Waals surface area contributed by atoms with Crippen LogP contribution in [0.1, 0.15) is 43.4 Å². The van der Waals surface area contributed by atoms with E-state index in [4.69, 9.17) is 0 Å². The molecule has 21 heavy (non-hydrogen) atoms. The Morgan fingerprint density at radius 1 is 1.05 bits per heavy atom. The molecule has 0 aromatic carbocycles. The van der Waals surface area contributed by atoms with Gasteiger partial charge in [-0.1, -0.05) is 6.42 Å². The summed E-state index contributed by atoms with van der Waals surface area (Å²) in [5, 5.41) is 6.17. The third-order valence-electron chi connectivity index (χ3n) is 6.29. The van der Waals surface area contributed by atoms with Crippen LogP contribution in [0.2, 0.25) is 0 Å². The van der Waals surface area contributed by atoms with Crippen molar-refractivity contribution in [2.75, 3.05) is 0 Å². The van der Waals surface area contributed by atoms with Crippen molar-refractivity contribution in [1.29, 1.82) is 0 Å². The van der Waals surface area contributed by atoms with Crippen molar-refractivity contribution >= 4 is 32.1 Å². The van der Waals surface area contributed by atoms with Crippen molar-refractivity contribution in [1.82, 2.24) is 5.32 Å². The average molecular weight is 318 g/mol. The predicted octanol–water partition coefficient (Wildman–Crippen LogP) is 5.27. The van der Waals surface area contributed by atoms with E-state index in [1.165, 1.54) is 40.0 Å². The van der Waals surface area contributed by atoms with Gasteiger partial charge in [-0.05, 0) is 73.3 Å². The van der Waals surface area contributed by atoms with Crippen molar-refractivity contribution in [2.45, 2.75) is 51.1 Å². The molecule has 2 aromatic rings. The molecule has 1 N–H and O–H groups in total. The fourth-order valence-corrected chi connectivity index (χ4v) is 7.58. The minimum absolute atomic E-state index is 0.801. The monoisotopic (exact) mass is 317 g/mol. The number of fused-ring (bicyclic) bond motifs is 3. The Morgan fingerprint density at radius 3 is 2.95 bits per heavy atom. The largest absolute Gasteiger partial charge is 0.309 e. The lowest BCUT2D eigenvalue weighted by molar-refractivity contribution is 0.00614. The first-order valence-corrected chi connectivity index (χ1v) is 10.2. The molecule has 3 heteroatoms. The van der Waals surface area contributed by atoms with Gasteiger partial charge in [0, 0.05) is 26.9 Å². The van der Waals surface area contributed by atoms with Gasteiger partial charge in [-0.3, -0.25) is 0 Å². The summed E-state index contributed by atoms with van der Waals surface area (Å²) in [5.41, 5.74) is 0. The van der Waals surface area contributed by atoms with Gasteiger partial charge in [0.05, 0.1) is 0 Å². The molecule has 1 nitrogen and oxygen atoms in total. The zero-order chi connectivity index (χ0) is 13.8. The number of nitrogens with one attached hydrogen (secondary N) is 1. The van der Waals surface area contributed by atoms with Crippen LogP contribution in [-0.4, -0.2) is 6.04 Å². The van der Waals surface area contributed by atoms with Crippen molar-refractivity contribution in [2.24, 2.45) is 23.7 Å². The molecule has 5 atom stereocenters. The van der Waals surface area contributed by atoms with Gasteiger partial charge in [0.25, 0.3) is 0 Å². The second kappa shape index (κ2) is 5.07. The molecule has 3 fully saturated rings. The first kappa shape index (κ1) is 13.1. The number of thiophene rings is 2. The van der Waals surface area contributed by atoms with Gasteiger partial charge in [-0.25, -0.2) is 0 Å². The average Bonchev–Trinajstić information content (AvgIpc) is 3.03. The van der Waals surface area contributed by atoms with E-state index in [1.54, 1.807) is 12.8 Å². The summed E-state index contributed by atoms with van der Waals surface area (Å²) in [6.07, 6.45) is 9.11. The first-order valence-electron chi connectivity index (χ1n) is 8.54. The van der Waals surface area contributed by atoms with Crippen LogP contribution in [0.4, 0.5) is 0 Å². The Balaban J connectivity index is 1.30. The first-order chi connectivity index (χ1) is 10.3. The van der Waals surface area contributed by atoms with Crippen LogP contribution in [0.5, 0.6) is 0 Å². The summed E-state index contributed by atoms with van der Waals surface area (Å²) in [6, 6.07) is 5.47. The SMILES string of the molecule is c1cc2sc(CNC3CC4CC5CCC3C(C5)C4)cc2s1. The second-order valence-corrected chi connectivity index (χ2v) is 9.64. The number of hydrogen-bond donors (Lipinski definition) is 1. The molecular weight excluding hydrogens is 294 g/mol. The van der Waals surface area contributed by atoms with Gasteiger partial charge in [0.1, 0.15) is 0 Å². The van der Waals surface area contributed by atoms with Crippen molar-refractivity contribution < 1.29 is 0 Å². The van der Waals surface area contributed by atoms with E-state index < -0.39 is 0 Å². The normalized spacial score (nSPS) is 38.2. The highest BCUT2D eigenvalue weighted by Crippen LogP contribution is 2.52. The van der Waals surface area contributed by atoms with E-state index in [9.17, 15) is 0 Å². The van der Waals surface area contributed by atoms with Gasteiger partial charge in [0.15, 0.2) is 0 Å². The van der Waals surface area contributed by atoms with Crippen LogP contribution < -0.4 is 5.32 Å². The third kappa shape index (κ3) is 2.29. The van der Waals surface area contributed by atoms with E-state index in [2.05, 4.69) is 22.8 Å². The Hall–Kier alpha value is -0.380. The minimum atomic E-state index is 0.801. The van der Waals surface area contributed by atoms with Gasteiger partial charge < -0.3 is 5.32 Å². The molecule has 2 aromatic heterocycles. The van der Waals surface area contributed by atoms with Gasteiger partial charge >= 0.3 is 0 Å². The maximum atomic E-state index is 3.96. The van der Waals surface area contributed by atoms with E-state index >= 15 is 0 Å². The summed E-state index contributed by atoms with van der Waals surface area (Å²) in [5.74, 6) is 4.17. The fourth-order valence-electron chi connectivity index (χ4n) is 5.49. The molecule has 3 aliphatic rings. The molecule has 2 heterocycles. The summed E-state index contributed by atoms with van der Waals surface area (Å²) < 4.78 is 2.94. The fraction of sp³-hybridized carbons (Fsp3) is 0.667. The molecule has 0 aliphatic heterocycles. The van der Waals surface area contributed by atoms with Crippen LogP contribution >= 0.6 is 22.7 Å². The van der Waals surface area contributed by atoms with Crippen molar-refractivity contribution in [3.63, 3.8) is 0 Å². The lowest BCUT2D eigenvalue weighted by atomic mass is 9.56. The van der Waals surface area contributed by atoms with Crippen LogP contribution in [0.3, 0.4) is 0 Å². The molecule has 5 rings (SSSR count). The van der Waals surface area contributed by atoms with E-state index in [1.807, 2.05) is 22.7 Å². The number of hydrogen-bond acceptors (Lipinski definition) is 3. The molecule has 3 bridgehead atoms. The Kier molecular flexibility index (Phi) is 3.16. The quantitative estimate of drug-likeness (QED) is 0.813. The zero-order valence-corrected chi connectivity index (χ0v) is 14.0. The highest BCUT2D eigenvalue weighted by molar-refractivity contribution is 7.26. The van der Waals surface area contributed by atoms with Crippen molar-refractivity contribution in [3.05, 3.63) is 22.4 Å². The Morgan fingerprint density at radius 2 is 2.00 bits per heavy atom. The van der Waals surface area contributed by atoms with Gasteiger partial charge in [0.2, 0.25) is 0 Å². The lowest BCUT2D eigenvalue weighted by Gasteiger charge is -2.52. The van der Waals surface area contributed by atoms with Crippen molar-refractivity contribution in [3.8, 4) is 0 Å². The number of rotatable bonds is 3. The van der Waals surface area contributed by atoms with E-state index in [-0.39, 0.29) is 0 Å². The molecule has 0 spiro atoms. The predicted molar refractivity (Wildman–Crippen MR) is 92.0 cm³/mol. The molecule has 5 unspecified atom stereocenters. The highest BCUT2D eigenvalue weighted by atomic mass is 32.1. The zero-order valence-electron chi connectivity index (χ0n) is 12.4. The van der Waals surface area contributed by atoms with Crippen LogP contribution in [0.25, 0.3) is 9.40 Å². The topological polar surface area (TPSA) is 12.0 Å². The lowest BCUT2D eigenvalue weighted by Crippen LogP contribution is -2.50. The Bertz CT molecular complexity index is 608. The Labute approximate surface area is 134 Å². The molecular formula is C18H23NS2. The maximum Gasteiger partial charge on any atom is 0.0453 e. The van der Waals surface area contributed by atoms with E-state index in [0.29, 0.717) is 0 Å². The summed E-state index contributed by atoms with van der Waals surface area (Å²) >= 11 is 3.86. The standard InChI is InChI=1S/C18H23NS2/c1-2-15-13-6-11(1)5-12(7-13)8-16(15)19-10-14-9-18-17(21-14)3-4-20-18/h3-4,9,11-13,15-16,19H,1-2,5-8,10H2. The summed E-state index contributed by atoms with van der Waals surface area (Å²) in [6.45, 7) is 1.09. The van der Waals surface area contributed by atoms with Crippen LogP contribution in [-0.2, 0) is 6.54 Å². The van der Waals surface area contributed by atoms with Crippen LogP contribution in [0.15, 0.2) is 17.5 Å². The molecule has 112 valence electrons. The third-order valence-corrected chi connectivity index (χ3v) is 8.38. The minimum Gasteiger partial charge on any atom is -0.309 e. The van der Waals surface area contributed by atoms with Gasteiger partial charge in [-0.15, -0.1) is 22.7 Å². The molecule has 0 amide bonds. The summed E-state index contributed by atoms with van der Waals surface area (Å²) in [7, 11) is 0. The second-order valence-electron chi connectivity index (χ2n) is 7.53. The van der Waals surface area contributed by atoms with Gasteiger partial charge in [-0.2, -0.15) is 0 Å². The molecule has 3 aliphatic carbocycles. The summed E-state index contributed by atoms with van der Waals surface area (Å²) in [4.78, 5) is 1.53.